The van der Waals surface area contributed by atoms with E-state index in [-0.39, 0.29) is 0 Å². The van der Waals surface area contributed by atoms with Crippen LogP contribution in [-0.2, 0) is 4.79 Å². The van der Waals surface area contributed by atoms with Gasteiger partial charge in [0.2, 0.25) is 6.08 Å². The third-order valence-electron chi connectivity index (χ3n) is 2.38. The van der Waals surface area contributed by atoms with Crippen molar-refractivity contribution in [1.82, 2.24) is 0 Å². The van der Waals surface area contributed by atoms with E-state index in [1.165, 1.54) is 5.56 Å². The zero-order valence-electron chi connectivity index (χ0n) is 8.60. The average Bonchev–Trinajstić information content (AvgIpc) is 2.19. The van der Waals surface area contributed by atoms with E-state index >= 15 is 0 Å². The van der Waals surface area contributed by atoms with Gasteiger partial charge in [-0.1, -0.05) is 44.2 Å². The summed E-state index contributed by atoms with van der Waals surface area (Å²) in [4.78, 5) is 13.7. The smallest absolute Gasteiger partial charge is 0.211 e. The predicted octanol–water partition coefficient (Wildman–Crippen LogP) is 2.76. The monoisotopic (exact) mass is 189 g/mol. The summed E-state index contributed by atoms with van der Waals surface area (Å²) in [5.41, 5.74) is 1.24. The van der Waals surface area contributed by atoms with Gasteiger partial charge in [-0.3, -0.25) is 0 Å². The summed E-state index contributed by atoms with van der Waals surface area (Å²) in [6, 6.07) is 10.2. The first-order chi connectivity index (χ1) is 6.75. The minimum Gasteiger partial charge on any atom is -0.211 e. The lowest BCUT2D eigenvalue weighted by atomic mass is 9.89. The molecular formula is C12H15NO. The van der Waals surface area contributed by atoms with Gasteiger partial charge in [-0.2, -0.15) is 0 Å². The summed E-state index contributed by atoms with van der Waals surface area (Å²) in [6.45, 7) is 4.81. The van der Waals surface area contributed by atoms with E-state index in [2.05, 4.69) is 31.0 Å². The number of nitrogens with zero attached hydrogens (tertiary/aromatic N) is 1. The van der Waals surface area contributed by atoms with Gasteiger partial charge in [-0.05, 0) is 11.5 Å². The van der Waals surface area contributed by atoms with Gasteiger partial charge >= 0.3 is 0 Å². The Kier molecular flexibility index (Phi) is 4.09. The molecule has 1 rings (SSSR count). The lowest BCUT2D eigenvalue weighted by Gasteiger charge is -2.18. The van der Waals surface area contributed by atoms with Crippen LogP contribution in [-0.4, -0.2) is 12.6 Å². The Labute approximate surface area is 84.7 Å². The van der Waals surface area contributed by atoms with Crippen molar-refractivity contribution in [1.29, 1.82) is 0 Å². The third kappa shape index (κ3) is 2.82. The lowest BCUT2D eigenvalue weighted by Crippen LogP contribution is -2.09. The first-order valence-corrected chi connectivity index (χ1v) is 4.84. The van der Waals surface area contributed by atoms with Crippen LogP contribution in [0.15, 0.2) is 35.3 Å². The van der Waals surface area contributed by atoms with Crippen LogP contribution < -0.4 is 0 Å². The second-order valence-electron chi connectivity index (χ2n) is 3.69. The molecule has 1 aromatic rings. The lowest BCUT2D eigenvalue weighted by molar-refractivity contribution is 0.502. The van der Waals surface area contributed by atoms with Gasteiger partial charge in [-0.15, -0.1) is 0 Å². The molecule has 0 saturated heterocycles. The Bertz CT molecular complexity index is 312. The third-order valence-corrected chi connectivity index (χ3v) is 2.38. The van der Waals surface area contributed by atoms with Gasteiger partial charge in [0.25, 0.3) is 0 Å². The topological polar surface area (TPSA) is 29.4 Å². The zero-order chi connectivity index (χ0) is 10.4. The van der Waals surface area contributed by atoms with E-state index < -0.39 is 0 Å². The van der Waals surface area contributed by atoms with E-state index in [9.17, 15) is 4.79 Å². The highest BCUT2D eigenvalue weighted by Crippen LogP contribution is 2.24. The van der Waals surface area contributed by atoms with Crippen molar-refractivity contribution in [2.75, 3.05) is 6.54 Å². The van der Waals surface area contributed by atoms with Gasteiger partial charge in [0.1, 0.15) is 0 Å². The molecule has 1 unspecified atom stereocenters. The largest absolute Gasteiger partial charge is 0.234 e. The second-order valence-corrected chi connectivity index (χ2v) is 3.69. The van der Waals surface area contributed by atoms with Crippen LogP contribution in [0.2, 0.25) is 0 Å². The summed E-state index contributed by atoms with van der Waals surface area (Å²) < 4.78 is 0. The SMILES string of the molecule is CC(C)C(CN=C=O)c1ccccc1. The molecule has 0 aliphatic carbocycles. The summed E-state index contributed by atoms with van der Waals surface area (Å²) in [5, 5.41) is 0. The first-order valence-electron chi connectivity index (χ1n) is 4.84. The first kappa shape index (κ1) is 10.7. The van der Waals surface area contributed by atoms with Crippen LogP contribution in [0, 0.1) is 5.92 Å². The zero-order valence-corrected chi connectivity index (χ0v) is 8.60. The highest BCUT2D eigenvalue weighted by molar-refractivity contribution is 5.33. The summed E-state index contributed by atoms with van der Waals surface area (Å²) in [5.74, 6) is 0.798. The van der Waals surface area contributed by atoms with Crippen molar-refractivity contribution in [3.63, 3.8) is 0 Å². The van der Waals surface area contributed by atoms with Crippen LogP contribution in [0.4, 0.5) is 0 Å². The van der Waals surface area contributed by atoms with Crippen LogP contribution in [0.3, 0.4) is 0 Å². The Morgan fingerprint density at radius 1 is 1.29 bits per heavy atom. The van der Waals surface area contributed by atoms with Gasteiger partial charge < -0.3 is 0 Å². The molecular weight excluding hydrogens is 174 g/mol. The standard InChI is InChI=1S/C12H15NO/c1-10(2)12(8-13-9-14)11-6-4-3-5-7-11/h3-7,10,12H,8H2,1-2H3. The Morgan fingerprint density at radius 3 is 2.43 bits per heavy atom. The van der Waals surface area contributed by atoms with Crippen molar-refractivity contribution in [3.05, 3.63) is 35.9 Å². The Morgan fingerprint density at radius 2 is 1.93 bits per heavy atom. The molecule has 0 heterocycles. The molecule has 0 spiro atoms. The van der Waals surface area contributed by atoms with Crippen LogP contribution in [0.5, 0.6) is 0 Å². The van der Waals surface area contributed by atoms with E-state index in [1.54, 1.807) is 6.08 Å². The fraction of sp³-hybridized carbons (Fsp3) is 0.417. The number of benzene rings is 1. The minimum absolute atomic E-state index is 0.317. The van der Waals surface area contributed by atoms with E-state index in [0.29, 0.717) is 18.4 Å². The number of aliphatic imine (C=N–C) groups is 1. The van der Waals surface area contributed by atoms with Crippen molar-refractivity contribution in [2.45, 2.75) is 19.8 Å². The molecule has 0 aliphatic heterocycles. The molecule has 2 heteroatoms. The Hall–Kier alpha value is -1.40. The van der Waals surface area contributed by atoms with E-state index in [0.717, 1.165) is 0 Å². The van der Waals surface area contributed by atoms with Crippen molar-refractivity contribution < 1.29 is 4.79 Å². The summed E-state index contributed by atoms with van der Waals surface area (Å²) in [6.07, 6.45) is 1.60. The molecule has 2 nitrogen and oxygen atoms in total. The fourth-order valence-corrected chi connectivity index (χ4v) is 1.54. The number of carbonyl (C=O) groups excluding carboxylic acids is 1. The highest BCUT2D eigenvalue weighted by atomic mass is 16.1. The van der Waals surface area contributed by atoms with Gasteiger partial charge in [0, 0.05) is 5.92 Å². The second kappa shape index (κ2) is 5.36. The Balaban J connectivity index is 2.83. The molecule has 0 saturated carbocycles. The van der Waals surface area contributed by atoms with Gasteiger partial charge in [-0.25, -0.2) is 9.79 Å². The molecule has 0 N–H and O–H groups in total. The van der Waals surface area contributed by atoms with Crippen LogP contribution in [0.25, 0.3) is 0 Å². The molecule has 74 valence electrons. The molecule has 14 heavy (non-hydrogen) atoms. The molecule has 1 atom stereocenters. The number of hydrogen-bond acceptors (Lipinski definition) is 2. The van der Waals surface area contributed by atoms with E-state index in [1.807, 2.05) is 18.2 Å². The normalized spacial score (nSPS) is 12.2. The minimum atomic E-state index is 0.317. The molecule has 0 radical (unpaired) electrons. The summed E-state index contributed by atoms with van der Waals surface area (Å²) in [7, 11) is 0. The number of isocyanates is 1. The number of rotatable bonds is 4. The molecule has 1 aromatic carbocycles. The van der Waals surface area contributed by atoms with Crippen molar-refractivity contribution in [3.8, 4) is 0 Å². The molecule has 0 aliphatic rings. The van der Waals surface area contributed by atoms with Crippen molar-refractivity contribution in [2.24, 2.45) is 10.9 Å². The molecule has 0 bridgehead atoms. The van der Waals surface area contributed by atoms with Crippen LogP contribution in [0.1, 0.15) is 25.3 Å². The molecule has 0 amide bonds. The molecule has 0 fully saturated rings. The van der Waals surface area contributed by atoms with Crippen molar-refractivity contribution >= 4 is 6.08 Å². The summed E-state index contributed by atoms with van der Waals surface area (Å²) >= 11 is 0. The fourth-order valence-electron chi connectivity index (χ4n) is 1.54. The quantitative estimate of drug-likeness (QED) is 0.529. The average molecular weight is 189 g/mol. The maximum atomic E-state index is 10.1. The molecule has 0 aromatic heterocycles. The maximum Gasteiger partial charge on any atom is 0.234 e. The van der Waals surface area contributed by atoms with E-state index in [4.69, 9.17) is 0 Å². The maximum absolute atomic E-state index is 10.1. The highest BCUT2D eigenvalue weighted by Gasteiger charge is 2.14. The van der Waals surface area contributed by atoms with Gasteiger partial charge in [0.15, 0.2) is 0 Å². The van der Waals surface area contributed by atoms with Gasteiger partial charge in [0.05, 0.1) is 6.54 Å². The predicted molar refractivity (Wildman–Crippen MR) is 57.0 cm³/mol. The number of hydrogen-bond donors (Lipinski definition) is 0. The van der Waals surface area contributed by atoms with Crippen LogP contribution >= 0.6 is 0 Å².